The molecule has 0 N–H and O–H groups in total. The van der Waals surface area contributed by atoms with E-state index in [2.05, 4.69) is 32.5 Å². The average Bonchev–Trinajstić information content (AvgIpc) is 2.18. The van der Waals surface area contributed by atoms with Crippen LogP contribution in [0.2, 0.25) is 0 Å². The first kappa shape index (κ1) is 13.2. The van der Waals surface area contributed by atoms with E-state index in [0.29, 0.717) is 6.10 Å². The van der Waals surface area contributed by atoms with Crippen molar-refractivity contribution in [1.29, 1.82) is 0 Å². The van der Waals surface area contributed by atoms with E-state index >= 15 is 0 Å². The molecule has 0 saturated carbocycles. The molecule has 2 nitrogen and oxygen atoms in total. The minimum atomic E-state index is 0.307. The fourth-order valence-corrected chi connectivity index (χ4v) is 1.18. The summed E-state index contributed by atoms with van der Waals surface area (Å²) < 4.78 is 5.76. The van der Waals surface area contributed by atoms with E-state index in [1.807, 2.05) is 13.0 Å². The predicted molar refractivity (Wildman–Crippen MR) is 62.3 cm³/mol. The van der Waals surface area contributed by atoms with Gasteiger partial charge in [-0.3, -0.25) is 0 Å². The van der Waals surface area contributed by atoms with E-state index in [1.165, 1.54) is 0 Å². The molecule has 0 saturated heterocycles. The molecule has 2 heteroatoms. The molecule has 0 aliphatic rings. The maximum atomic E-state index is 5.76. The summed E-state index contributed by atoms with van der Waals surface area (Å²) in [7, 11) is 4.16. The molecule has 0 aromatic rings. The quantitative estimate of drug-likeness (QED) is 0.459. The molecule has 0 radical (unpaired) electrons. The molecule has 0 rings (SSSR count). The molecule has 82 valence electrons. The molecular weight excluding hydrogens is 174 g/mol. The number of hydrogen-bond acceptors (Lipinski definition) is 2. The Bertz CT molecular complexity index is 185. The second-order valence-corrected chi connectivity index (χ2v) is 3.64. The maximum absolute atomic E-state index is 5.76. The van der Waals surface area contributed by atoms with E-state index in [0.717, 1.165) is 25.1 Å². The van der Waals surface area contributed by atoms with Crippen molar-refractivity contribution in [2.45, 2.75) is 32.8 Å². The summed E-state index contributed by atoms with van der Waals surface area (Å²) in [5, 5.41) is 0. The molecular formula is C12H23NO. The summed E-state index contributed by atoms with van der Waals surface area (Å²) in [6.07, 6.45) is 6.12. The number of hydrogen-bond donors (Lipinski definition) is 0. The van der Waals surface area contributed by atoms with Crippen LogP contribution in [0.25, 0.3) is 0 Å². The average molecular weight is 197 g/mol. The van der Waals surface area contributed by atoms with E-state index in [4.69, 9.17) is 4.74 Å². The van der Waals surface area contributed by atoms with Gasteiger partial charge in [-0.05, 0) is 46.0 Å². The third-order valence-corrected chi connectivity index (χ3v) is 2.14. The van der Waals surface area contributed by atoms with Crippen LogP contribution in [0.4, 0.5) is 0 Å². The molecule has 0 amide bonds. The smallest absolute Gasteiger partial charge is 0.114 e. The SMILES string of the molecule is C=C/C(=C\C)OC(CC)CCN(C)C. The maximum Gasteiger partial charge on any atom is 0.114 e. The highest BCUT2D eigenvalue weighted by Crippen LogP contribution is 2.10. The topological polar surface area (TPSA) is 12.5 Å². The normalized spacial score (nSPS) is 14.2. The molecule has 0 aliphatic carbocycles. The number of allylic oxidation sites excluding steroid dienone is 2. The van der Waals surface area contributed by atoms with E-state index in [-0.39, 0.29) is 0 Å². The van der Waals surface area contributed by atoms with E-state index in [1.54, 1.807) is 6.08 Å². The summed E-state index contributed by atoms with van der Waals surface area (Å²) in [5.41, 5.74) is 0. The lowest BCUT2D eigenvalue weighted by Gasteiger charge is -2.20. The van der Waals surface area contributed by atoms with Gasteiger partial charge >= 0.3 is 0 Å². The van der Waals surface area contributed by atoms with Crippen LogP contribution in [-0.2, 0) is 4.74 Å². The van der Waals surface area contributed by atoms with Crippen molar-refractivity contribution in [2.24, 2.45) is 0 Å². The monoisotopic (exact) mass is 197 g/mol. The zero-order valence-electron chi connectivity index (χ0n) is 9.92. The van der Waals surface area contributed by atoms with Crippen molar-refractivity contribution in [3.63, 3.8) is 0 Å². The van der Waals surface area contributed by atoms with Gasteiger partial charge in [0, 0.05) is 6.54 Å². The number of ether oxygens (including phenoxy) is 1. The van der Waals surface area contributed by atoms with Gasteiger partial charge in [-0.15, -0.1) is 0 Å². The highest BCUT2D eigenvalue weighted by atomic mass is 16.5. The van der Waals surface area contributed by atoms with Crippen molar-refractivity contribution >= 4 is 0 Å². The van der Waals surface area contributed by atoms with Crippen LogP contribution in [-0.4, -0.2) is 31.6 Å². The van der Waals surface area contributed by atoms with E-state index < -0.39 is 0 Å². The molecule has 1 unspecified atom stereocenters. The van der Waals surface area contributed by atoms with E-state index in [9.17, 15) is 0 Å². The highest BCUT2D eigenvalue weighted by Gasteiger charge is 2.08. The lowest BCUT2D eigenvalue weighted by molar-refractivity contribution is 0.105. The van der Waals surface area contributed by atoms with Crippen LogP contribution >= 0.6 is 0 Å². The van der Waals surface area contributed by atoms with Crippen LogP contribution in [0.1, 0.15) is 26.7 Å². The summed E-state index contributed by atoms with van der Waals surface area (Å²) in [4.78, 5) is 2.18. The summed E-state index contributed by atoms with van der Waals surface area (Å²) in [6, 6.07) is 0. The fourth-order valence-electron chi connectivity index (χ4n) is 1.18. The third kappa shape index (κ3) is 5.81. The van der Waals surface area contributed by atoms with Crippen LogP contribution in [0, 0.1) is 0 Å². The molecule has 0 aromatic carbocycles. The van der Waals surface area contributed by atoms with Gasteiger partial charge in [0.25, 0.3) is 0 Å². The number of nitrogens with zero attached hydrogens (tertiary/aromatic N) is 1. The summed E-state index contributed by atoms with van der Waals surface area (Å²) in [6.45, 7) is 8.89. The first-order chi connectivity index (χ1) is 6.63. The first-order valence-electron chi connectivity index (χ1n) is 5.24. The molecule has 0 fully saturated rings. The number of rotatable bonds is 7. The van der Waals surface area contributed by atoms with Gasteiger partial charge in [-0.1, -0.05) is 13.5 Å². The second-order valence-electron chi connectivity index (χ2n) is 3.64. The Labute approximate surface area is 88.2 Å². The van der Waals surface area contributed by atoms with Crippen LogP contribution in [0.3, 0.4) is 0 Å². The van der Waals surface area contributed by atoms with Gasteiger partial charge in [-0.25, -0.2) is 0 Å². The summed E-state index contributed by atoms with van der Waals surface area (Å²) in [5.74, 6) is 0.885. The first-order valence-corrected chi connectivity index (χ1v) is 5.24. The largest absolute Gasteiger partial charge is 0.491 e. The van der Waals surface area contributed by atoms with Crippen LogP contribution < -0.4 is 0 Å². The minimum Gasteiger partial charge on any atom is -0.491 e. The Hall–Kier alpha value is -0.760. The van der Waals surface area contributed by atoms with Gasteiger partial charge in [0.05, 0.1) is 6.10 Å². The molecule has 0 aromatic heterocycles. The van der Waals surface area contributed by atoms with Gasteiger partial charge < -0.3 is 9.64 Å². The van der Waals surface area contributed by atoms with Crippen LogP contribution in [0.5, 0.6) is 0 Å². The Balaban J connectivity index is 3.95. The molecule has 0 spiro atoms. The summed E-state index contributed by atoms with van der Waals surface area (Å²) >= 11 is 0. The third-order valence-electron chi connectivity index (χ3n) is 2.14. The molecule has 0 heterocycles. The predicted octanol–water partition coefficient (Wildman–Crippen LogP) is 2.82. The zero-order valence-corrected chi connectivity index (χ0v) is 9.92. The lowest BCUT2D eigenvalue weighted by atomic mass is 10.2. The highest BCUT2D eigenvalue weighted by molar-refractivity contribution is 5.07. The minimum absolute atomic E-state index is 0.307. The standard InChI is InChI=1S/C12H23NO/c1-6-11(7-2)14-12(8-3)9-10-13(4)5/h6-7,12H,1,8-10H2,2-5H3/b11-7+. The van der Waals surface area contributed by atoms with Gasteiger partial charge in [0.15, 0.2) is 0 Å². The second kappa shape index (κ2) is 7.63. The lowest BCUT2D eigenvalue weighted by Crippen LogP contribution is -2.20. The molecule has 0 aliphatic heterocycles. The Morgan fingerprint density at radius 1 is 1.50 bits per heavy atom. The van der Waals surface area contributed by atoms with Crippen LogP contribution in [0.15, 0.2) is 24.5 Å². The van der Waals surface area contributed by atoms with Crippen molar-refractivity contribution in [1.82, 2.24) is 4.90 Å². The van der Waals surface area contributed by atoms with Crippen molar-refractivity contribution in [3.8, 4) is 0 Å². The van der Waals surface area contributed by atoms with Gasteiger partial charge in [0.2, 0.25) is 0 Å². The van der Waals surface area contributed by atoms with Crippen molar-refractivity contribution < 1.29 is 4.74 Å². The zero-order chi connectivity index (χ0) is 11.0. The van der Waals surface area contributed by atoms with Crippen molar-refractivity contribution in [2.75, 3.05) is 20.6 Å². The fraction of sp³-hybridized carbons (Fsp3) is 0.667. The Morgan fingerprint density at radius 2 is 2.14 bits per heavy atom. The van der Waals surface area contributed by atoms with Crippen molar-refractivity contribution in [3.05, 3.63) is 24.5 Å². The van der Waals surface area contributed by atoms with Gasteiger partial charge in [-0.2, -0.15) is 0 Å². The molecule has 1 atom stereocenters. The van der Waals surface area contributed by atoms with Gasteiger partial charge in [0.1, 0.15) is 5.76 Å². The molecule has 0 bridgehead atoms. The molecule has 14 heavy (non-hydrogen) atoms. The Kier molecular flexibility index (Phi) is 7.21. The Morgan fingerprint density at radius 3 is 2.50 bits per heavy atom.